The molecule has 1 aromatic carbocycles. The van der Waals surface area contributed by atoms with Crippen molar-refractivity contribution >= 4 is 22.9 Å². The van der Waals surface area contributed by atoms with Gasteiger partial charge in [0.25, 0.3) is 0 Å². The fourth-order valence-corrected chi connectivity index (χ4v) is 2.76. The summed E-state index contributed by atoms with van der Waals surface area (Å²) in [6.07, 6.45) is 2.95. The first-order chi connectivity index (χ1) is 8.67. The average molecular weight is 241 g/mol. The summed E-state index contributed by atoms with van der Waals surface area (Å²) < 4.78 is 0. The quantitative estimate of drug-likeness (QED) is 0.817. The molecule has 2 heterocycles. The van der Waals surface area contributed by atoms with Crippen molar-refractivity contribution in [3.8, 4) is 0 Å². The highest BCUT2D eigenvalue weighted by molar-refractivity contribution is 6.10. The van der Waals surface area contributed by atoms with Crippen LogP contribution in [0.25, 0.3) is 10.9 Å². The molecule has 0 bridgehead atoms. The smallest absolute Gasteiger partial charge is 0.138 e. The molecule has 3 rings (SSSR count). The van der Waals surface area contributed by atoms with E-state index in [2.05, 4.69) is 10.1 Å². The second-order valence-corrected chi connectivity index (χ2v) is 4.84. The number of nitrogens with zero attached hydrogens (tertiary/aromatic N) is 2. The van der Waals surface area contributed by atoms with Crippen LogP contribution in [0.3, 0.4) is 0 Å². The number of para-hydroxylation sites is 1. The SMILES string of the molecule is CC1=NN(C)CC1(C=O)c1c[nH]c2ccccc12. The van der Waals surface area contributed by atoms with Gasteiger partial charge in [-0.15, -0.1) is 0 Å². The molecule has 1 atom stereocenters. The van der Waals surface area contributed by atoms with Crippen LogP contribution in [0.4, 0.5) is 0 Å². The van der Waals surface area contributed by atoms with Crippen LogP contribution in [0.15, 0.2) is 35.6 Å². The molecule has 1 unspecified atom stereocenters. The van der Waals surface area contributed by atoms with Gasteiger partial charge in [-0.2, -0.15) is 5.10 Å². The first-order valence-corrected chi connectivity index (χ1v) is 5.97. The molecule has 18 heavy (non-hydrogen) atoms. The normalized spacial score (nSPS) is 23.4. The monoisotopic (exact) mass is 241 g/mol. The molecule has 4 nitrogen and oxygen atoms in total. The van der Waals surface area contributed by atoms with Crippen molar-refractivity contribution in [1.29, 1.82) is 0 Å². The number of H-pyrrole nitrogens is 1. The molecular formula is C14H15N3O. The van der Waals surface area contributed by atoms with E-state index in [1.165, 1.54) is 0 Å². The van der Waals surface area contributed by atoms with E-state index in [4.69, 9.17) is 0 Å². The largest absolute Gasteiger partial charge is 0.361 e. The van der Waals surface area contributed by atoms with Crippen molar-refractivity contribution in [3.05, 3.63) is 36.0 Å². The zero-order valence-electron chi connectivity index (χ0n) is 10.5. The van der Waals surface area contributed by atoms with E-state index in [9.17, 15) is 4.79 Å². The summed E-state index contributed by atoms with van der Waals surface area (Å²) in [6, 6.07) is 8.03. The highest BCUT2D eigenvalue weighted by Crippen LogP contribution is 2.34. The van der Waals surface area contributed by atoms with Gasteiger partial charge in [0.1, 0.15) is 11.7 Å². The Labute approximate surface area is 105 Å². The van der Waals surface area contributed by atoms with Crippen LogP contribution in [0.2, 0.25) is 0 Å². The van der Waals surface area contributed by atoms with Gasteiger partial charge in [0.15, 0.2) is 0 Å². The number of nitrogens with one attached hydrogen (secondary N) is 1. The molecule has 0 radical (unpaired) electrons. The Morgan fingerprint density at radius 3 is 2.89 bits per heavy atom. The van der Waals surface area contributed by atoms with E-state index in [0.717, 1.165) is 28.5 Å². The summed E-state index contributed by atoms with van der Waals surface area (Å²) >= 11 is 0. The third-order valence-electron chi connectivity index (χ3n) is 3.72. The van der Waals surface area contributed by atoms with E-state index < -0.39 is 5.41 Å². The van der Waals surface area contributed by atoms with Gasteiger partial charge in [-0.05, 0) is 18.6 Å². The first-order valence-electron chi connectivity index (χ1n) is 5.97. The van der Waals surface area contributed by atoms with E-state index in [1.807, 2.05) is 49.4 Å². The Bertz CT molecular complexity index is 643. The predicted molar refractivity (Wildman–Crippen MR) is 71.8 cm³/mol. The van der Waals surface area contributed by atoms with Gasteiger partial charge in [-0.1, -0.05) is 18.2 Å². The number of hydrogen-bond acceptors (Lipinski definition) is 3. The predicted octanol–water partition coefficient (Wildman–Crippen LogP) is 1.93. The number of fused-ring (bicyclic) bond motifs is 1. The zero-order chi connectivity index (χ0) is 12.8. The number of hydrazone groups is 1. The maximum Gasteiger partial charge on any atom is 0.138 e. The lowest BCUT2D eigenvalue weighted by molar-refractivity contribution is -0.110. The van der Waals surface area contributed by atoms with E-state index in [-0.39, 0.29) is 0 Å². The van der Waals surface area contributed by atoms with Gasteiger partial charge < -0.3 is 9.78 Å². The summed E-state index contributed by atoms with van der Waals surface area (Å²) in [6.45, 7) is 2.52. The van der Waals surface area contributed by atoms with Gasteiger partial charge >= 0.3 is 0 Å². The van der Waals surface area contributed by atoms with Gasteiger partial charge in [-0.25, -0.2) is 0 Å². The van der Waals surface area contributed by atoms with Crippen molar-refractivity contribution in [1.82, 2.24) is 9.99 Å². The Balaban J connectivity index is 2.25. The maximum absolute atomic E-state index is 11.7. The van der Waals surface area contributed by atoms with Crippen LogP contribution in [0, 0.1) is 0 Å². The lowest BCUT2D eigenvalue weighted by Crippen LogP contribution is -2.38. The Hall–Kier alpha value is -2.10. The van der Waals surface area contributed by atoms with Crippen LogP contribution in [0.1, 0.15) is 12.5 Å². The second kappa shape index (κ2) is 3.70. The molecular weight excluding hydrogens is 226 g/mol. The number of aromatic amines is 1. The lowest BCUT2D eigenvalue weighted by atomic mass is 9.78. The topological polar surface area (TPSA) is 48.5 Å². The van der Waals surface area contributed by atoms with Crippen LogP contribution in [-0.2, 0) is 10.2 Å². The van der Waals surface area contributed by atoms with Crippen molar-refractivity contribution in [2.24, 2.45) is 5.10 Å². The van der Waals surface area contributed by atoms with Gasteiger partial charge in [0.05, 0.1) is 12.3 Å². The number of aromatic nitrogens is 1. The number of rotatable bonds is 2. The molecule has 0 saturated carbocycles. The van der Waals surface area contributed by atoms with Crippen molar-refractivity contribution in [3.63, 3.8) is 0 Å². The minimum Gasteiger partial charge on any atom is -0.361 e. The summed E-state index contributed by atoms with van der Waals surface area (Å²) in [4.78, 5) is 14.9. The fourth-order valence-electron chi connectivity index (χ4n) is 2.76. The Morgan fingerprint density at radius 1 is 1.44 bits per heavy atom. The molecule has 0 fully saturated rings. The Morgan fingerprint density at radius 2 is 2.22 bits per heavy atom. The summed E-state index contributed by atoms with van der Waals surface area (Å²) in [5.41, 5.74) is 2.30. The molecule has 0 aliphatic carbocycles. The van der Waals surface area contributed by atoms with Gasteiger partial charge in [0.2, 0.25) is 0 Å². The third-order valence-corrected chi connectivity index (χ3v) is 3.72. The molecule has 1 aliphatic rings. The van der Waals surface area contributed by atoms with Crippen LogP contribution < -0.4 is 0 Å². The summed E-state index contributed by atoms with van der Waals surface area (Å²) in [7, 11) is 1.89. The molecule has 0 spiro atoms. The van der Waals surface area contributed by atoms with Crippen LogP contribution in [0.5, 0.6) is 0 Å². The maximum atomic E-state index is 11.7. The van der Waals surface area contributed by atoms with Gasteiger partial charge in [-0.3, -0.25) is 5.01 Å². The fraction of sp³-hybridized carbons (Fsp3) is 0.286. The minimum absolute atomic E-state index is 0.601. The minimum atomic E-state index is -0.617. The summed E-state index contributed by atoms with van der Waals surface area (Å²) in [5.74, 6) is 0. The molecule has 1 N–H and O–H groups in total. The van der Waals surface area contributed by atoms with Gasteiger partial charge in [0, 0.05) is 24.1 Å². The van der Waals surface area contributed by atoms with Crippen LogP contribution >= 0.6 is 0 Å². The van der Waals surface area contributed by atoms with Crippen molar-refractivity contribution in [2.75, 3.05) is 13.6 Å². The molecule has 1 aromatic heterocycles. The van der Waals surface area contributed by atoms with E-state index in [0.29, 0.717) is 6.54 Å². The van der Waals surface area contributed by atoms with Crippen molar-refractivity contribution in [2.45, 2.75) is 12.3 Å². The molecule has 2 aromatic rings. The number of carbonyl (C=O) groups is 1. The summed E-state index contributed by atoms with van der Waals surface area (Å²) in [5, 5.41) is 7.30. The average Bonchev–Trinajstić information content (AvgIpc) is 2.91. The molecule has 92 valence electrons. The zero-order valence-corrected chi connectivity index (χ0v) is 10.5. The number of likely N-dealkylation sites (N-methyl/N-ethyl adjacent to an activating group) is 1. The first kappa shape index (κ1) is 11.0. The molecule has 4 heteroatoms. The number of carbonyl (C=O) groups excluding carboxylic acids is 1. The van der Waals surface area contributed by atoms with Crippen LogP contribution in [-0.4, -0.2) is 35.6 Å². The molecule has 0 amide bonds. The number of benzene rings is 1. The van der Waals surface area contributed by atoms with E-state index in [1.54, 1.807) is 0 Å². The lowest BCUT2D eigenvalue weighted by Gasteiger charge is -2.22. The number of hydrogen-bond donors (Lipinski definition) is 1. The second-order valence-electron chi connectivity index (χ2n) is 4.84. The van der Waals surface area contributed by atoms with E-state index >= 15 is 0 Å². The molecule has 0 saturated heterocycles. The van der Waals surface area contributed by atoms with Crippen molar-refractivity contribution < 1.29 is 4.79 Å². The Kier molecular flexibility index (Phi) is 2.26. The third kappa shape index (κ3) is 1.32. The highest BCUT2D eigenvalue weighted by atomic mass is 16.1. The molecule has 1 aliphatic heterocycles. The number of aldehydes is 1. The highest BCUT2D eigenvalue weighted by Gasteiger charge is 2.42. The standard InChI is InChI=1S/C14H15N3O/c1-10-14(9-18,8-17(2)16-10)12-7-15-13-6-4-3-5-11(12)13/h3-7,9,15H,8H2,1-2H3.